The molecule has 0 aliphatic rings. The summed E-state index contributed by atoms with van der Waals surface area (Å²) in [6.45, 7) is 2.78. The van der Waals surface area contributed by atoms with Crippen LogP contribution < -0.4 is 10.1 Å². The summed E-state index contributed by atoms with van der Waals surface area (Å²) in [6.07, 6.45) is -1.14. The first kappa shape index (κ1) is 23.1. The van der Waals surface area contributed by atoms with Crippen LogP contribution in [0.5, 0.6) is 5.75 Å². The number of rotatable bonds is 9. The molecule has 10 heteroatoms. The Hall–Kier alpha value is -2.17. The number of ether oxygens (including phenoxy) is 1. The number of sulfone groups is 1. The summed E-state index contributed by atoms with van der Waals surface area (Å²) in [4.78, 5) is 6.10. The maximum Gasteiger partial charge on any atom is 0.194 e. The molecule has 1 aromatic carbocycles. The number of thiophene rings is 1. The second kappa shape index (κ2) is 10.6. The lowest BCUT2D eigenvalue weighted by atomic mass is 10.2. The summed E-state index contributed by atoms with van der Waals surface area (Å²) >= 11 is 1.12. The third-order valence-electron chi connectivity index (χ3n) is 4.00. The summed E-state index contributed by atoms with van der Waals surface area (Å²) in [5.41, 5.74) is 0.720. The molecule has 7 nitrogen and oxygen atoms in total. The summed E-state index contributed by atoms with van der Waals surface area (Å²) in [7, 11) is -0.362. The van der Waals surface area contributed by atoms with Crippen LogP contribution in [0.15, 0.2) is 44.9 Å². The van der Waals surface area contributed by atoms with E-state index in [2.05, 4.69) is 10.3 Å². The van der Waals surface area contributed by atoms with Crippen LogP contribution in [-0.4, -0.2) is 63.5 Å². The number of hydrogen-bond donors (Lipinski definition) is 2. The van der Waals surface area contributed by atoms with E-state index in [1.807, 2.05) is 6.92 Å². The molecule has 2 aromatic rings. The fourth-order valence-electron chi connectivity index (χ4n) is 2.65. The van der Waals surface area contributed by atoms with E-state index >= 15 is 0 Å². The molecule has 29 heavy (non-hydrogen) atoms. The number of nitrogens with one attached hydrogen (secondary N) is 1. The van der Waals surface area contributed by atoms with Gasteiger partial charge in [0, 0.05) is 20.1 Å². The minimum absolute atomic E-state index is 0.0751. The largest absolute Gasteiger partial charge is 0.494 e. The van der Waals surface area contributed by atoms with E-state index in [-0.39, 0.29) is 16.5 Å². The van der Waals surface area contributed by atoms with Crippen LogP contribution in [-0.2, 0) is 16.4 Å². The Bertz CT molecular complexity index is 918. The topological polar surface area (TPSA) is 91.2 Å². The quantitative estimate of drug-likeness (QED) is 0.456. The Kier molecular flexibility index (Phi) is 8.42. The zero-order valence-corrected chi connectivity index (χ0v) is 18.3. The lowest BCUT2D eigenvalue weighted by Gasteiger charge is -2.23. The molecule has 0 radical (unpaired) electrons. The van der Waals surface area contributed by atoms with Crippen molar-refractivity contribution in [2.24, 2.45) is 4.99 Å². The Labute approximate surface area is 174 Å². The summed E-state index contributed by atoms with van der Waals surface area (Å²) in [5.74, 6) is -0.193. The SMILES string of the molecule is CCNC(=NCC(O)CS(=O)(=O)c1cccs1)N(C)Cc1ccc(OC)c(F)c1. The van der Waals surface area contributed by atoms with Gasteiger partial charge in [-0.05, 0) is 36.1 Å². The number of benzene rings is 1. The molecule has 1 aromatic heterocycles. The number of nitrogens with zero attached hydrogens (tertiary/aromatic N) is 2. The van der Waals surface area contributed by atoms with E-state index in [0.717, 1.165) is 16.9 Å². The predicted molar refractivity (Wildman–Crippen MR) is 113 cm³/mol. The van der Waals surface area contributed by atoms with Gasteiger partial charge >= 0.3 is 0 Å². The van der Waals surface area contributed by atoms with Gasteiger partial charge in [0.25, 0.3) is 0 Å². The van der Waals surface area contributed by atoms with Crippen molar-refractivity contribution < 1.29 is 22.7 Å². The van der Waals surface area contributed by atoms with Crippen molar-refractivity contribution in [1.82, 2.24) is 10.2 Å². The second-order valence-corrected chi connectivity index (χ2v) is 9.60. The lowest BCUT2D eigenvalue weighted by Crippen LogP contribution is -2.39. The van der Waals surface area contributed by atoms with Gasteiger partial charge < -0.3 is 20.1 Å². The molecule has 0 aliphatic heterocycles. The zero-order valence-electron chi connectivity index (χ0n) is 16.6. The molecular formula is C19H26FN3O4S2. The highest BCUT2D eigenvalue weighted by Crippen LogP contribution is 2.19. The van der Waals surface area contributed by atoms with Crippen LogP contribution in [0.2, 0.25) is 0 Å². The number of guanidine groups is 1. The van der Waals surface area contributed by atoms with E-state index in [1.54, 1.807) is 35.5 Å². The molecule has 2 N–H and O–H groups in total. The van der Waals surface area contributed by atoms with Crippen LogP contribution in [0, 0.1) is 5.82 Å². The van der Waals surface area contributed by atoms with Gasteiger partial charge in [0.05, 0.1) is 25.5 Å². The third-order valence-corrected chi connectivity index (χ3v) is 7.28. The van der Waals surface area contributed by atoms with Crippen LogP contribution >= 0.6 is 11.3 Å². The molecule has 0 fully saturated rings. The van der Waals surface area contributed by atoms with Crippen LogP contribution in [0.4, 0.5) is 4.39 Å². The van der Waals surface area contributed by atoms with Crippen molar-refractivity contribution in [1.29, 1.82) is 0 Å². The first-order valence-corrected chi connectivity index (χ1v) is 11.6. The molecule has 0 saturated heterocycles. The summed E-state index contributed by atoms with van der Waals surface area (Å²) in [5, 5.41) is 14.9. The Morgan fingerprint density at radius 3 is 2.76 bits per heavy atom. The highest BCUT2D eigenvalue weighted by molar-refractivity contribution is 7.93. The van der Waals surface area contributed by atoms with Crippen molar-refractivity contribution in [2.45, 2.75) is 23.8 Å². The van der Waals surface area contributed by atoms with Crippen molar-refractivity contribution in [2.75, 3.05) is 33.0 Å². The van der Waals surface area contributed by atoms with Gasteiger partial charge in [-0.25, -0.2) is 12.8 Å². The number of halogens is 1. The second-order valence-electron chi connectivity index (χ2n) is 6.39. The number of aliphatic hydroxyl groups is 1. The van der Waals surface area contributed by atoms with Gasteiger partial charge in [-0.15, -0.1) is 11.3 Å². The zero-order chi connectivity index (χ0) is 21.4. The molecule has 0 bridgehead atoms. The molecule has 0 aliphatic carbocycles. The Balaban J connectivity index is 2.03. The first-order chi connectivity index (χ1) is 13.8. The number of hydrogen-bond acceptors (Lipinski definition) is 6. The number of methoxy groups -OCH3 is 1. The normalized spacial score (nSPS) is 13.2. The van der Waals surface area contributed by atoms with Crippen molar-refractivity contribution in [3.63, 3.8) is 0 Å². The Morgan fingerprint density at radius 1 is 1.41 bits per heavy atom. The van der Waals surface area contributed by atoms with Gasteiger partial charge in [0.15, 0.2) is 27.4 Å². The van der Waals surface area contributed by atoms with Gasteiger partial charge in [0.1, 0.15) is 4.21 Å². The molecule has 1 heterocycles. The average molecular weight is 444 g/mol. The van der Waals surface area contributed by atoms with Gasteiger partial charge in [-0.2, -0.15) is 0 Å². The predicted octanol–water partition coefficient (Wildman–Crippen LogP) is 2.13. The molecule has 1 unspecified atom stereocenters. The maximum atomic E-state index is 13.9. The number of aliphatic imine (C=N–C) groups is 1. The minimum atomic E-state index is -3.54. The fraction of sp³-hybridized carbons (Fsp3) is 0.421. The number of aliphatic hydroxyl groups excluding tert-OH is 1. The molecule has 2 rings (SSSR count). The van der Waals surface area contributed by atoms with E-state index in [9.17, 15) is 17.9 Å². The summed E-state index contributed by atoms with van der Waals surface area (Å²) in [6, 6.07) is 7.87. The van der Waals surface area contributed by atoms with Gasteiger partial charge in [-0.3, -0.25) is 4.99 Å². The molecule has 160 valence electrons. The van der Waals surface area contributed by atoms with E-state index in [0.29, 0.717) is 19.0 Å². The highest BCUT2D eigenvalue weighted by Gasteiger charge is 2.21. The fourth-order valence-corrected chi connectivity index (χ4v) is 5.11. The van der Waals surface area contributed by atoms with Crippen molar-refractivity contribution >= 4 is 27.1 Å². The van der Waals surface area contributed by atoms with Crippen LogP contribution in [0.1, 0.15) is 12.5 Å². The minimum Gasteiger partial charge on any atom is -0.494 e. The smallest absolute Gasteiger partial charge is 0.194 e. The molecule has 1 atom stereocenters. The standard InChI is InChI=1S/C19H26FN3O4S2/c1-4-21-19(23(2)12-14-7-8-17(27-3)16(20)10-14)22-11-15(24)13-29(25,26)18-6-5-9-28-18/h5-10,15,24H,4,11-13H2,1-3H3,(H,21,22). The van der Waals surface area contributed by atoms with Crippen LogP contribution in [0.25, 0.3) is 0 Å². The molecule has 0 spiro atoms. The molecule has 0 saturated carbocycles. The highest BCUT2D eigenvalue weighted by atomic mass is 32.2. The Morgan fingerprint density at radius 2 is 2.17 bits per heavy atom. The summed E-state index contributed by atoms with van der Waals surface area (Å²) < 4.78 is 43.6. The first-order valence-electron chi connectivity index (χ1n) is 9.03. The van der Waals surface area contributed by atoms with Gasteiger partial charge in [-0.1, -0.05) is 12.1 Å². The molecular weight excluding hydrogens is 417 g/mol. The maximum absolute atomic E-state index is 13.9. The van der Waals surface area contributed by atoms with Crippen molar-refractivity contribution in [3.8, 4) is 5.75 Å². The molecule has 0 amide bonds. The van der Waals surface area contributed by atoms with Crippen molar-refractivity contribution in [3.05, 3.63) is 47.1 Å². The van der Waals surface area contributed by atoms with E-state index in [1.165, 1.54) is 19.2 Å². The van der Waals surface area contributed by atoms with Crippen LogP contribution in [0.3, 0.4) is 0 Å². The third kappa shape index (κ3) is 6.69. The van der Waals surface area contributed by atoms with E-state index in [4.69, 9.17) is 4.74 Å². The monoisotopic (exact) mass is 443 g/mol. The van der Waals surface area contributed by atoms with Gasteiger partial charge in [0.2, 0.25) is 0 Å². The average Bonchev–Trinajstić information content (AvgIpc) is 3.20. The van der Waals surface area contributed by atoms with E-state index < -0.39 is 27.5 Å². The lowest BCUT2D eigenvalue weighted by molar-refractivity contribution is 0.205.